The van der Waals surface area contributed by atoms with Gasteiger partial charge in [-0.15, -0.1) is 0 Å². The molecule has 0 amide bonds. The minimum Gasteiger partial charge on any atom is -0.508 e. The number of phosphoric ester groups is 1. The third kappa shape index (κ3) is 4.47. The Morgan fingerprint density at radius 1 is 1.05 bits per heavy atom. The summed E-state index contributed by atoms with van der Waals surface area (Å²) in [4.78, 5) is 17.8. The number of benzene rings is 2. The number of phenolic OH excluding ortho intramolecular Hbond substituents is 2. The van der Waals surface area contributed by atoms with Crippen LogP contribution in [0.5, 0.6) is 17.2 Å². The van der Waals surface area contributed by atoms with Crippen LogP contribution in [-0.2, 0) is 11.0 Å². The van der Waals surface area contributed by atoms with Gasteiger partial charge in [0, 0.05) is 12.0 Å². The first kappa shape index (κ1) is 16.3. The molecule has 2 aromatic carbocycles. The normalized spacial score (nSPS) is 12.9. The molecule has 2 rings (SSSR count). The second-order valence-corrected chi connectivity index (χ2v) is 5.86. The molecular weight excluding hydrogens is 311 g/mol. The van der Waals surface area contributed by atoms with Gasteiger partial charge in [0.2, 0.25) is 0 Å². The lowest BCUT2D eigenvalue weighted by atomic mass is 10.0. The quantitative estimate of drug-likeness (QED) is 0.530. The fourth-order valence-electron chi connectivity index (χ4n) is 2.02. The number of phenols is 2. The van der Waals surface area contributed by atoms with Crippen LogP contribution >= 0.6 is 7.82 Å². The average molecular weight is 326 g/mol. The molecule has 0 aromatic heterocycles. The lowest BCUT2D eigenvalue weighted by Crippen LogP contribution is -2.05. The minimum absolute atomic E-state index is 0.0340. The molecule has 5 N–H and O–H groups in total. The van der Waals surface area contributed by atoms with Gasteiger partial charge in [-0.2, -0.15) is 0 Å². The highest BCUT2D eigenvalue weighted by Crippen LogP contribution is 2.42. The van der Waals surface area contributed by atoms with Crippen molar-refractivity contribution >= 4 is 7.82 Å². The first-order valence-corrected chi connectivity index (χ1v) is 7.81. The second kappa shape index (κ2) is 6.37. The molecule has 0 heterocycles. The third-order valence-electron chi connectivity index (χ3n) is 2.91. The van der Waals surface area contributed by atoms with Crippen molar-refractivity contribution in [3.8, 4) is 17.2 Å². The van der Waals surface area contributed by atoms with Gasteiger partial charge in [0.15, 0.2) is 0 Å². The van der Waals surface area contributed by atoms with Crippen LogP contribution in [0.25, 0.3) is 0 Å². The Morgan fingerprint density at radius 2 is 1.73 bits per heavy atom. The smallest absolute Gasteiger partial charge is 0.508 e. The van der Waals surface area contributed by atoms with Crippen molar-refractivity contribution in [2.45, 2.75) is 12.5 Å². The Bertz CT molecular complexity index is 710. The van der Waals surface area contributed by atoms with Crippen molar-refractivity contribution < 1.29 is 34.2 Å². The van der Waals surface area contributed by atoms with E-state index in [2.05, 4.69) is 4.52 Å². The van der Waals surface area contributed by atoms with E-state index in [-0.39, 0.29) is 29.2 Å². The predicted octanol–water partition coefficient (Wildman–Crippen LogP) is 1.85. The SMILES string of the molecule is O=P(O)(O)Oc1ccc(O)cc1C(O)Cc1cccc(O)c1. The first-order valence-electron chi connectivity index (χ1n) is 6.28. The molecule has 0 saturated carbocycles. The lowest BCUT2D eigenvalue weighted by Gasteiger charge is -2.17. The van der Waals surface area contributed by atoms with Crippen molar-refractivity contribution in [3.05, 3.63) is 53.6 Å². The average Bonchev–Trinajstić information content (AvgIpc) is 2.39. The number of rotatable bonds is 5. The highest BCUT2D eigenvalue weighted by molar-refractivity contribution is 7.46. The number of aliphatic hydroxyl groups excluding tert-OH is 1. The fourth-order valence-corrected chi connectivity index (χ4v) is 2.45. The number of aliphatic hydroxyl groups is 1. The maximum Gasteiger partial charge on any atom is 0.524 e. The predicted molar refractivity (Wildman–Crippen MR) is 77.5 cm³/mol. The summed E-state index contributed by atoms with van der Waals surface area (Å²) in [6, 6.07) is 9.73. The van der Waals surface area contributed by atoms with E-state index in [1.54, 1.807) is 12.1 Å². The number of phosphoric acid groups is 1. The van der Waals surface area contributed by atoms with Gasteiger partial charge in [-0.05, 0) is 35.9 Å². The van der Waals surface area contributed by atoms with E-state index in [1.807, 2.05) is 0 Å². The maximum absolute atomic E-state index is 11.0. The van der Waals surface area contributed by atoms with E-state index in [9.17, 15) is 19.9 Å². The Balaban J connectivity index is 2.29. The molecule has 8 heteroatoms. The summed E-state index contributed by atoms with van der Waals surface area (Å²) in [7, 11) is -4.79. The molecule has 0 aliphatic heterocycles. The van der Waals surface area contributed by atoms with Gasteiger partial charge < -0.3 is 19.8 Å². The topological polar surface area (TPSA) is 127 Å². The first-order chi connectivity index (χ1) is 10.2. The molecule has 0 aliphatic rings. The Morgan fingerprint density at radius 3 is 2.36 bits per heavy atom. The molecule has 7 nitrogen and oxygen atoms in total. The molecule has 22 heavy (non-hydrogen) atoms. The molecule has 0 saturated heterocycles. The Labute approximate surface area is 126 Å². The summed E-state index contributed by atoms with van der Waals surface area (Å²) in [6.07, 6.45) is -1.12. The molecule has 0 aliphatic carbocycles. The van der Waals surface area contributed by atoms with E-state index >= 15 is 0 Å². The van der Waals surface area contributed by atoms with E-state index in [4.69, 9.17) is 9.79 Å². The molecule has 2 aromatic rings. The van der Waals surface area contributed by atoms with Crippen molar-refractivity contribution in [3.63, 3.8) is 0 Å². The molecule has 0 fully saturated rings. The van der Waals surface area contributed by atoms with Crippen molar-refractivity contribution in [1.29, 1.82) is 0 Å². The van der Waals surface area contributed by atoms with Crippen LogP contribution in [0.2, 0.25) is 0 Å². The summed E-state index contributed by atoms with van der Waals surface area (Å²) < 4.78 is 15.5. The number of hydrogen-bond donors (Lipinski definition) is 5. The van der Waals surface area contributed by atoms with Crippen molar-refractivity contribution in [2.24, 2.45) is 0 Å². The van der Waals surface area contributed by atoms with E-state index < -0.39 is 13.9 Å². The standard InChI is InChI=1S/C14H15O7P/c15-10-3-1-2-9(6-10)7-13(17)12-8-11(16)4-5-14(12)21-22(18,19)20/h1-6,8,13,15-17H,7H2,(H2,18,19,20). The van der Waals surface area contributed by atoms with Crippen LogP contribution in [0.1, 0.15) is 17.2 Å². The molecule has 118 valence electrons. The Kier molecular flexibility index (Phi) is 4.73. The van der Waals surface area contributed by atoms with Gasteiger partial charge >= 0.3 is 7.82 Å². The van der Waals surface area contributed by atoms with Crippen LogP contribution in [-0.4, -0.2) is 25.1 Å². The highest BCUT2D eigenvalue weighted by atomic mass is 31.2. The summed E-state index contributed by atoms with van der Waals surface area (Å²) in [5, 5.41) is 29.1. The zero-order valence-corrected chi connectivity index (χ0v) is 12.2. The molecule has 0 radical (unpaired) electrons. The van der Waals surface area contributed by atoms with Gasteiger partial charge in [-0.25, -0.2) is 4.57 Å². The van der Waals surface area contributed by atoms with Gasteiger partial charge in [0.05, 0.1) is 6.10 Å². The molecular formula is C14H15O7P. The zero-order chi connectivity index (χ0) is 16.3. The monoisotopic (exact) mass is 326 g/mol. The van der Waals surface area contributed by atoms with Gasteiger partial charge in [0.25, 0.3) is 0 Å². The van der Waals surface area contributed by atoms with Gasteiger partial charge in [-0.3, -0.25) is 9.79 Å². The number of hydrogen-bond acceptors (Lipinski definition) is 5. The van der Waals surface area contributed by atoms with Gasteiger partial charge in [0.1, 0.15) is 17.2 Å². The van der Waals surface area contributed by atoms with Crippen molar-refractivity contribution in [2.75, 3.05) is 0 Å². The van der Waals surface area contributed by atoms with Crippen molar-refractivity contribution in [1.82, 2.24) is 0 Å². The van der Waals surface area contributed by atoms with Crippen LogP contribution in [0.15, 0.2) is 42.5 Å². The summed E-state index contributed by atoms with van der Waals surface area (Å²) >= 11 is 0. The second-order valence-electron chi connectivity index (χ2n) is 4.69. The summed E-state index contributed by atoms with van der Waals surface area (Å²) in [6.45, 7) is 0. The largest absolute Gasteiger partial charge is 0.524 e. The van der Waals surface area contributed by atoms with Gasteiger partial charge in [-0.1, -0.05) is 12.1 Å². The third-order valence-corrected chi connectivity index (χ3v) is 3.34. The van der Waals surface area contributed by atoms with Crippen LogP contribution < -0.4 is 4.52 Å². The summed E-state index contributed by atoms with van der Waals surface area (Å²) in [5.74, 6) is -0.367. The molecule has 0 spiro atoms. The van der Waals surface area contributed by atoms with E-state index in [0.29, 0.717) is 5.56 Å². The molecule has 1 unspecified atom stereocenters. The minimum atomic E-state index is -4.79. The number of aromatic hydroxyl groups is 2. The molecule has 0 bridgehead atoms. The molecule has 1 atom stereocenters. The van der Waals surface area contributed by atoms with Crippen LogP contribution in [0.4, 0.5) is 0 Å². The zero-order valence-electron chi connectivity index (χ0n) is 11.3. The maximum atomic E-state index is 11.0. The summed E-state index contributed by atoms with van der Waals surface area (Å²) in [5.41, 5.74) is 0.643. The van der Waals surface area contributed by atoms with E-state index in [1.165, 1.54) is 24.3 Å². The lowest BCUT2D eigenvalue weighted by molar-refractivity contribution is 0.174. The van der Waals surface area contributed by atoms with Crippen LogP contribution in [0.3, 0.4) is 0 Å². The van der Waals surface area contributed by atoms with Crippen LogP contribution in [0, 0.1) is 0 Å². The highest BCUT2D eigenvalue weighted by Gasteiger charge is 2.22. The fraction of sp³-hybridized carbons (Fsp3) is 0.143. The Hall–Kier alpha value is -2.05. The van der Waals surface area contributed by atoms with E-state index in [0.717, 1.165) is 6.07 Å².